The number of benzene rings is 1. The topological polar surface area (TPSA) is 9.23 Å². The van der Waals surface area contributed by atoms with E-state index in [1.807, 2.05) is 36.4 Å². The van der Waals surface area contributed by atoms with E-state index in [0.717, 1.165) is 0 Å². The first-order chi connectivity index (χ1) is 4.91. The van der Waals surface area contributed by atoms with Crippen molar-refractivity contribution in [2.75, 3.05) is 13.2 Å². The van der Waals surface area contributed by atoms with E-state index < -0.39 is 0 Å². The maximum absolute atomic E-state index is 4.96. The Balaban J connectivity index is 0.000000180. The molecule has 1 aromatic carbocycles. The Labute approximate surface area is 66.6 Å². The first kappa shape index (κ1) is 9.47. The van der Waals surface area contributed by atoms with Gasteiger partial charge in [0.15, 0.2) is 0 Å². The molecule has 0 heterocycles. The van der Waals surface area contributed by atoms with Crippen molar-refractivity contribution < 1.29 is 4.74 Å². The molecule has 1 rings (SSSR count). The van der Waals surface area contributed by atoms with Gasteiger partial charge in [-0.25, -0.2) is 0 Å². The molecule has 0 bridgehead atoms. The van der Waals surface area contributed by atoms with Gasteiger partial charge in [0.25, 0.3) is 0 Å². The average Bonchev–Trinajstić information content (AvgIpc) is 2.08. The van der Waals surface area contributed by atoms with Crippen molar-refractivity contribution in [1.82, 2.24) is 0 Å². The van der Waals surface area contributed by atoms with Gasteiger partial charge in [-0.15, -0.1) is 0 Å². The van der Waals surface area contributed by atoms with Gasteiger partial charge in [0, 0.05) is 7.11 Å². The van der Waals surface area contributed by atoms with E-state index in [9.17, 15) is 0 Å². The molecule has 0 amide bonds. The van der Waals surface area contributed by atoms with E-state index in [-0.39, 0.29) is 0 Å². The summed E-state index contributed by atoms with van der Waals surface area (Å²) in [6.07, 6.45) is 0. The summed E-state index contributed by atoms with van der Waals surface area (Å²) in [5.41, 5.74) is 0. The molecule has 0 aliphatic rings. The van der Waals surface area contributed by atoms with Crippen LogP contribution >= 0.6 is 11.6 Å². The highest BCUT2D eigenvalue weighted by Gasteiger charge is 1.57. The first-order valence-electron chi connectivity index (χ1n) is 2.96. The smallest absolute Gasteiger partial charge is 0.120 e. The number of ether oxygens (including phenoxy) is 1. The molecule has 2 heteroatoms. The molecule has 0 radical (unpaired) electrons. The summed E-state index contributed by atoms with van der Waals surface area (Å²) in [6.45, 7) is 0. The van der Waals surface area contributed by atoms with Gasteiger partial charge in [-0.2, -0.15) is 0 Å². The molecule has 0 unspecified atom stereocenters. The first-order valence-corrected chi connectivity index (χ1v) is 3.50. The van der Waals surface area contributed by atoms with Crippen molar-refractivity contribution in [2.24, 2.45) is 0 Å². The Kier molecular flexibility index (Phi) is 8.02. The lowest BCUT2D eigenvalue weighted by Crippen LogP contribution is -1.68. The molecule has 1 aromatic rings. The third-order valence-electron chi connectivity index (χ3n) is 0.776. The second-order valence-corrected chi connectivity index (χ2v) is 1.77. The van der Waals surface area contributed by atoms with Crippen molar-refractivity contribution in [1.29, 1.82) is 0 Å². The van der Waals surface area contributed by atoms with Gasteiger partial charge in [0.2, 0.25) is 0 Å². The maximum Gasteiger partial charge on any atom is 0.120 e. The van der Waals surface area contributed by atoms with Crippen molar-refractivity contribution in [3.05, 3.63) is 36.4 Å². The standard InChI is InChI=1S/C6H6.C2H5ClO/c1-2-4-6-5-3-1;1-4-2-3/h1-6H;2H2,1H3. The van der Waals surface area contributed by atoms with E-state index in [1.54, 1.807) is 7.11 Å². The third kappa shape index (κ3) is 7.47. The van der Waals surface area contributed by atoms with Crippen LogP contribution in [0.5, 0.6) is 0 Å². The lowest BCUT2D eigenvalue weighted by atomic mass is 10.4. The minimum Gasteiger partial charge on any atom is -0.369 e. The van der Waals surface area contributed by atoms with E-state index in [0.29, 0.717) is 6.07 Å². The maximum atomic E-state index is 4.96. The zero-order chi connectivity index (χ0) is 7.66. The average molecular weight is 159 g/mol. The minimum atomic E-state index is 0.292. The normalized spacial score (nSPS) is 7.80. The molecule has 0 saturated carbocycles. The van der Waals surface area contributed by atoms with Gasteiger partial charge >= 0.3 is 0 Å². The fourth-order valence-electron chi connectivity index (χ4n) is 0.385. The molecule has 0 fully saturated rings. The largest absolute Gasteiger partial charge is 0.369 e. The third-order valence-corrected chi connectivity index (χ3v) is 0.994. The molecule has 0 N–H and O–H groups in total. The van der Waals surface area contributed by atoms with Gasteiger partial charge in [-0.1, -0.05) is 48.0 Å². The molecule has 0 saturated heterocycles. The lowest BCUT2D eigenvalue weighted by molar-refractivity contribution is 0.254. The van der Waals surface area contributed by atoms with Crippen LogP contribution in [0, 0.1) is 0 Å². The van der Waals surface area contributed by atoms with Gasteiger partial charge in [0.05, 0.1) is 0 Å². The molecule has 0 spiro atoms. The Morgan fingerprint density at radius 2 is 1.20 bits per heavy atom. The number of alkyl halides is 1. The number of hydrogen-bond acceptors (Lipinski definition) is 1. The molecule has 0 atom stereocenters. The van der Waals surface area contributed by atoms with Crippen molar-refractivity contribution in [3.8, 4) is 0 Å². The Hall–Kier alpha value is -0.530. The highest BCUT2D eigenvalue weighted by atomic mass is 35.5. The van der Waals surface area contributed by atoms with Crippen LogP contribution < -0.4 is 0 Å². The van der Waals surface area contributed by atoms with Gasteiger partial charge in [-0.3, -0.25) is 0 Å². The fourth-order valence-corrected chi connectivity index (χ4v) is 0.385. The van der Waals surface area contributed by atoms with Gasteiger partial charge < -0.3 is 4.74 Å². The second kappa shape index (κ2) is 8.47. The van der Waals surface area contributed by atoms with Crippen LogP contribution in [0.4, 0.5) is 0 Å². The molecule has 0 aliphatic heterocycles. The van der Waals surface area contributed by atoms with Crippen LogP contribution in [0.25, 0.3) is 0 Å². The summed E-state index contributed by atoms with van der Waals surface area (Å²) in [7, 11) is 1.55. The summed E-state index contributed by atoms with van der Waals surface area (Å²) >= 11 is 4.96. The van der Waals surface area contributed by atoms with Crippen LogP contribution in [0.3, 0.4) is 0 Å². The molecule has 56 valence electrons. The minimum absolute atomic E-state index is 0.292. The monoisotopic (exact) mass is 158 g/mol. The highest BCUT2D eigenvalue weighted by Crippen LogP contribution is 1.79. The lowest BCUT2D eigenvalue weighted by Gasteiger charge is -1.74. The predicted molar refractivity (Wildman–Crippen MR) is 44.2 cm³/mol. The Bertz CT molecular complexity index is 101. The number of halogens is 1. The van der Waals surface area contributed by atoms with Crippen molar-refractivity contribution >= 4 is 11.6 Å². The van der Waals surface area contributed by atoms with E-state index in [2.05, 4.69) is 4.74 Å². The van der Waals surface area contributed by atoms with Crippen molar-refractivity contribution in [2.45, 2.75) is 0 Å². The SMILES string of the molecule is COCCl.c1ccccc1. The molecule has 0 aromatic heterocycles. The van der Waals surface area contributed by atoms with Crippen LogP contribution in [-0.4, -0.2) is 13.2 Å². The second-order valence-electron chi connectivity index (χ2n) is 1.55. The van der Waals surface area contributed by atoms with Gasteiger partial charge in [0.1, 0.15) is 6.07 Å². The summed E-state index contributed by atoms with van der Waals surface area (Å²) in [6, 6.07) is 12.3. The number of hydrogen-bond donors (Lipinski definition) is 0. The molecule has 1 nitrogen and oxygen atoms in total. The number of methoxy groups -OCH3 is 1. The zero-order valence-electron chi connectivity index (χ0n) is 5.96. The van der Waals surface area contributed by atoms with E-state index in [1.165, 1.54) is 0 Å². The summed E-state index contributed by atoms with van der Waals surface area (Å²) in [4.78, 5) is 0. The Morgan fingerprint density at radius 3 is 1.30 bits per heavy atom. The highest BCUT2D eigenvalue weighted by molar-refractivity contribution is 6.17. The summed E-state index contributed by atoms with van der Waals surface area (Å²) < 4.78 is 4.31. The van der Waals surface area contributed by atoms with Gasteiger partial charge in [-0.05, 0) is 0 Å². The van der Waals surface area contributed by atoms with Crippen LogP contribution in [0.15, 0.2) is 36.4 Å². The molecule has 0 aliphatic carbocycles. The van der Waals surface area contributed by atoms with E-state index in [4.69, 9.17) is 11.6 Å². The molecule has 10 heavy (non-hydrogen) atoms. The molecular formula is C8H11ClO. The quantitative estimate of drug-likeness (QED) is 0.571. The summed E-state index contributed by atoms with van der Waals surface area (Å²) in [5, 5.41) is 0. The Morgan fingerprint density at radius 1 is 1.00 bits per heavy atom. The van der Waals surface area contributed by atoms with Crippen LogP contribution in [0.2, 0.25) is 0 Å². The van der Waals surface area contributed by atoms with Crippen LogP contribution in [0.1, 0.15) is 0 Å². The molecular weight excluding hydrogens is 148 g/mol. The van der Waals surface area contributed by atoms with E-state index >= 15 is 0 Å². The van der Waals surface area contributed by atoms with Crippen LogP contribution in [-0.2, 0) is 4.74 Å². The number of rotatable bonds is 1. The summed E-state index contributed by atoms with van der Waals surface area (Å²) in [5.74, 6) is 0. The zero-order valence-corrected chi connectivity index (χ0v) is 6.71. The fraction of sp³-hybridized carbons (Fsp3) is 0.250. The predicted octanol–water partition coefficient (Wildman–Crippen LogP) is 2.52. The van der Waals surface area contributed by atoms with Crippen molar-refractivity contribution in [3.63, 3.8) is 0 Å².